The van der Waals surface area contributed by atoms with Crippen LogP contribution in [-0.4, -0.2) is 17.8 Å². The molecule has 1 aliphatic carbocycles. The quantitative estimate of drug-likeness (QED) is 0.691. The molecule has 0 aromatic heterocycles. The molecule has 13 heavy (non-hydrogen) atoms. The van der Waals surface area contributed by atoms with Gasteiger partial charge in [-0.3, -0.25) is 9.18 Å². The van der Waals surface area contributed by atoms with Gasteiger partial charge in [-0.1, -0.05) is 25.7 Å². The van der Waals surface area contributed by atoms with Gasteiger partial charge in [-0.25, -0.2) is 0 Å². The van der Waals surface area contributed by atoms with Gasteiger partial charge in [0.2, 0.25) is 0 Å². The first-order valence-electron chi connectivity index (χ1n) is 5.04. The topological polar surface area (TPSA) is 37.3 Å². The number of carboxylic acid groups (broad SMARTS) is 1. The second-order valence-electron chi connectivity index (χ2n) is 3.85. The van der Waals surface area contributed by atoms with Crippen LogP contribution in [0.3, 0.4) is 0 Å². The third-order valence-electron chi connectivity index (χ3n) is 2.95. The van der Waals surface area contributed by atoms with Crippen molar-refractivity contribution in [3.8, 4) is 0 Å². The summed E-state index contributed by atoms with van der Waals surface area (Å²) in [4.78, 5) is 10.7. The molecule has 2 nitrogen and oxygen atoms in total. The van der Waals surface area contributed by atoms with Gasteiger partial charge < -0.3 is 5.11 Å². The highest BCUT2D eigenvalue weighted by Gasteiger charge is 2.28. The summed E-state index contributed by atoms with van der Waals surface area (Å²) in [6, 6.07) is 0. The fourth-order valence-corrected chi connectivity index (χ4v) is 2.11. The van der Waals surface area contributed by atoms with Crippen LogP contribution in [0.5, 0.6) is 0 Å². The van der Waals surface area contributed by atoms with E-state index in [0.29, 0.717) is 0 Å². The van der Waals surface area contributed by atoms with Crippen LogP contribution in [0.1, 0.15) is 38.5 Å². The summed E-state index contributed by atoms with van der Waals surface area (Å²) in [5.74, 6) is -1.64. The maximum atomic E-state index is 12.4. The Morgan fingerprint density at radius 3 is 2.23 bits per heavy atom. The minimum Gasteiger partial charge on any atom is -0.481 e. The fourth-order valence-electron chi connectivity index (χ4n) is 2.11. The lowest BCUT2D eigenvalue weighted by molar-refractivity contribution is -0.144. The van der Waals surface area contributed by atoms with Crippen molar-refractivity contribution in [3.05, 3.63) is 0 Å². The van der Waals surface area contributed by atoms with Crippen LogP contribution in [0.25, 0.3) is 0 Å². The zero-order valence-electron chi connectivity index (χ0n) is 7.84. The molecule has 0 bridgehead atoms. The van der Waals surface area contributed by atoms with Gasteiger partial charge in [-0.05, 0) is 18.8 Å². The molecule has 0 aromatic rings. The van der Waals surface area contributed by atoms with Crippen LogP contribution in [0.2, 0.25) is 0 Å². The lowest BCUT2D eigenvalue weighted by Crippen LogP contribution is -2.25. The van der Waals surface area contributed by atoms with E-state index < -0.39 is 18.6 Å². The molecule has 0 spiro atoms. The largest absolute Gasteiger partial charge is 0.481 e. The first-order valence-corrected chi connectivity index (χ1v) is 5.04. The van der Waals surface area contributed by atoms with Crippen molar-refractivity contribution < 1.29 is 14.3 Å². The average molecular weight is 188 g/mol. The highest BCUT2D eigenvalue weighted by molar-refractivity contribution is 5.70. The van der Waals surface area contributed by atoms with Gasteiger partial charge in [0.25, 0.3) is 0 Å². The number of alkyl halides is 1. The van der Waals surface area contributed by atoms with Crippen molar-refractivity contribution in [2.75, 3.05) is 6.67 Å². The Kier molecular flexibility index (Phi) is 4.19. The molecule has 0 saturated heterocycles. The molecule has 1 rings (SSSR count). The van der Waals surface area contributed by atoms with Crippen molar-refractivity contribution in [2.24, 2.45) is 11.8 Å². The lowest BCUT2D eigenvalue weighted by atomic mass is 9.87. The first kappa shape index (κ1) is 10.5. The Balaban J connectivity index is 2.50. The normalized spacial score (nSPS) is 22.2. The van der Waals surface area contributed by atoms with Crippen LogP contribution in [0.4, 0.5) is 4.39 Å². The Hall–Kier alpha value is -0.600. The summed E-state index contributed by atoms with van der Waals surface area (Å²) in [6.45, 7) is -0.708. The number of rotatable bonds is 3. The molecule has 0 heterocycles. The maximum Gasteiger partial charge on any atom is 0.309 e. The molecule has 1 saturated carbocycles. The molecular weight excluding hydrogens is 171 g/mol. The summed E-state index contributed by atoms with van der Waals surface area (Å²) < 4.78 is 12.4. The standard InChI is InChI=1S/C10H17FO2/c11-7-9(10(12)13)8-5-3-1-2-4-6-8/h8-9H,1-7H2,(H,12,13). The second-order valence-corrected chi connectivity index (χ2v) is 3.85. The van der Waals surface area contributed by atoms with Gasteiger partial charge in [-0.15, -0.1) is 0 Å². The molecule has 3 heteroatoms. The number of hydrogen-bond donors (Lipinski definition) is 1. The molecule has 0 amide bonds. The highest BCUT2D eigenvalue weighted by Crippen LogP contribution is 2.29. The predicted octanol–water partition coefficient (Wildman–Crippen LogP) is 2.63. The zero-order valence-corrected chi connectivity index (χ0v) is 7.84. The van der Waals surface area contributed by atoms with E-state index in [4.69, 9.17) is 5.11 Å². The molecule has 0 aromatic carbocycles. The minimum atomic E-state index is -0.964. The monoisotopic (exact) mass is 188 g/mol. The van der Waals surface area contributed by atoms with Crippen molar-refractivity contribution in [2.45, 2.75) is 38.5 Å². The van der Waals surface area contributed by atoms with E-state index in [-0.39, 0.29) is 5.92 Å². The fraction of sp³-hybridized carbons (Fsp3) is 0.900. The van der Waals surface area contributed by atoms with E-state index in [1.807, 2.05) is 0 Å². The number of carboxylic acids is 1. The van der Waals surface area contributed by atoms with Gasteiger partial charge in [-0.2, -0.15) is 0 Å². The van der Waals surface area contributed by atoms with Crippen molar-refractivity contribution in [1.82, 2.24) is 0 Å². The van der Waals surface area contributed by atoms with Crippen LogP contribution in [-0.2, 0) is 4.79 Å². The Morgan fingerprint density at radius 2 is 1.85 bits per heavy atom. The van der Waals surface area contributed by atoms with E-state index in [9.17, 15) is 9.18 Å². The number of carbonyl (C=O) groups is 1. The first-order chi connectivity index (χ1) is 6.25. The summed E-state index contributed by atoms with van der Waals surface area (Å²) in [5.41, 5.74) is 0. The van der Waals surface area contributed by atoms with Gasteiger partial charge >= 0.3 is 5.97 Å². The van der Waals surface area contributed by atoms with Crippen LogP contribution in [0.15, 0.2) is 0 Å². The summed E-state index contributed by atoms with van der Waals surface area (Å²) >= 11 is 0. The predicted molar refractivity (Wildman–Crippen MR) is 48.3 cm³/mol. The molecule has 76 valence electrons. The van der Waals surface area contributed by atoms with Crippen molar-refractivity contribution in [3.63, 3.8) is 0 Å². The third kappa shape index (κ3) is 2.98. The van der Waals surface area contributed by atoms with E-state index in [0.717, 1.165) is 25.7 Å². The smallest absolute Gasteiger partial charge is 0.309 e. The Bertz CT molecular complexity index is 162. The van der Waals surface area contributed by atoms with E-state index in [2.05, 4.69) is 0 Å². The summed E-state index contributed by atoms with van der Waals surface area (Å²) in [5, 5.41) is 8.78. The third-order valence-corrected chi connectivity index (χ3v) is 2.95. The second kappa shape index (κ2) is 5.20. The van der Waals surface area contributed by atoms with Gasteiger partial charge in [0, 0.05) is 0 Å². The summed E-state index contributed by atoms with van der Waals surface area (Å²) in [6.07, 6.45) is 6.26. The van der Waals surface area contributed by atoms with Crippen LogP contribution in [0, 0.1) is 11.8 Å². The highest BCUT2D eigenvalue weighted by atomic mass is 19.1. The molecule has 1 aliphatic rings. The van der Waals surface area contributed by atoms with Gasteiger partial charge in [0.05, 0.1) is 5.92 Å². The maximum absolute atomic E-state index is 12.4. The molecule has 0 aliphatic heterocycles. The van der Waals surface area contributed by atoms with Crippen molar-refractivity contribution in [1.29, 1.82) is 0 Å². The number of halogens is 1. The van der Waals surface area contributed by atoms with Crippen LogP contribution < -0.4 is 0 Å². The average Bonchev–Trinajstić information content (AvgIpc) is 2.33. The molecule has 1 N–H and O–H groups in total. The van der Waals surface area contributed by atoms with E-state index in [1.165, 1.54) is 12.8 Å². The minimum absolute atomic E-state index is 0.0741. The van der Waals surface area contributed by atoms with Crippen LogP contribution >= 0.6 is 0 Å². The molecule has 1 fully saturated rings. The van der Waals surface area contributed by atoms with E-state index in [1.54, 1.807) is 0 Å². The summed E-state index contributed by atoms with van der Waals surface area (Å²) in [7, 11) is 0. The molecule has 1 unspecified atom stereocenters. The van der Waals surface area contributed by atoms with Gasteiger partial charge in [0.1, 0.15) is 6.67 Å². The zero-order chi connectivity index (χ0) is 9.68. The molecular formula is C10H17FO2. The molecule has 0 radical (unpaired) electrons. The SMILES string of the molecule is O=C(O)C(CF)C1CCCCCC1. The Morgan fingerprint density at radius 1 is 1.31 bits per heavy atom. The number of hydrogen-bond acceptors (Lipinski definition) is 1. The number of aliphatic carboxylic acids is 1. The van der Waals surface area contributed by atoms with Gasteiger partial charge in [0.15, 0.2) is 0 Å². The lowest BCUT2D eigenvalue weighted by Gasteiger charge is -2.19. The molecule has 1 atom stereocenters. The van der Waals surface area contributed by atoms with Crippen molar-refractivity contribution >= 4 is 5.97 Å². The Labute approximate surface area is 78.1 Å². The van der Waals surface area contributed by atoms with E-state index >= 15 is 0 Å².